The second-order valence-electron chi connectivity index (χ2n) is 5.96. The van der Waals surface area contributed by atoms with E-state index in [1.54, 1.807) is 0 Å². The smallest absolute Gasteiger partial charge is 0.228 e. The quantitative estimate of drug-likeness (QED) is 0.845. The van der Waals surface area contributed by atoms with Crippen molar-refractivity contribution in [2.45, 2.75) is 63.6 Å². The van der Waals surface area contributed by atoms with Gasteiger partial charge in [-0.1, -0.05) is 6.92 Å². The Morgan fingerprint density at radius 1 is 1.26 bits per heavy atom. The predicted molar refractivity (Wildman–Crippen MR) is 76.0 cm³/mol. The third-order valence-corrected chi connectivity index (χ3v) is 4.93. The summed E-state index contributed by atoms with van der Waals surface area (Å²) in [6.45, 7) is 2.85. The molecule has 0 bridgehead atoms. The summed E-state index contributed by atoms with van der Waals surface area (Å²) in [5.41, 5.74) is 0. The fraction of sp³-hybridized carbons (Fsp3) is 0.933. The molecule has 4 nitrogen and oxygen atoms in total. The van der Waals surface area contributed by atoms with Crippen LogP contribution in [0.5, 0.6) is 0 Å². The summed E-state index contributed by atoms with van der Waals surface area (Å²) < 4.78 is 5.65. The van der Waals surface area contributed by atoms with Gasteiger partial charge in [-0.05, 0) is 45.6 Å². The second kappa shape index (κ2) is 6.71. The normalized spacial score (nSPS) is 35.3. The maximum absolute atomic E-state index is 12.6. The van der Waals surface area contributed by atoms with Crippen molar-refractivity contribution in [1.29, 1.82) is 0 Å². The standard InChI is InChI=1S/C15H28N2O2/c1-4-14-13(9-10-19-14)15(18)17(3)12-7-5-11(16-2)6-8-12/h11-14,16H,4-10H2,1-3H3. The van der Waals surface area contributed by atoms with Crippen LogP contribution in [0.15, 0.2) is 0 Å². The molecule has 0 radical (unpaired) electrons. The fourth-order valence-corrected chi connectivity index (χ4v) is 3.53. The molecule has 2 rings (SSSR count). The van der Waals surface area contributed by atoms with E-state index < -0.39 is 0 Å². The first-order chi connectivity index (χ1) is 9.17. The number of carbonyl (C=O) groups is 1. The van der Waals surface area contributed by atoms with Crippen LogP contribution in [-0.4, -0.2) is 49.7 Å². The summed E-state index contributed by atoms with van der Waals surface area (Å²) >= 11 is 0. The van der Waals surface area contributed by atoms with Crippen LogP contribution < -0.4 is 5.32 Å². The van der Waals surface area contributed by atoms with Crippen molar-refractivity contribution in [2.24, 2.45) is 5.92 Å². The molecule has 2 aliphatic rings. The van der Waals surface area contributed by atoms with E-state index in [-0.39, 0.29) is 12.0 Å². The lowest BCUT2D eigenvalue weighted by atomic mass is 9.89. The van der Waals surface area contributed by atoms with Gasteiger partial charge < -0.3 is 15.0 Å². The number of carbonyl (C=O) groups excluding carboxylic acids is 1. The summed E-state index contributed by atoms with van der Waals surface area (Å²) in [7, 11) is 4.01. The molecule has 1 heterocycles. The third kappa shape index (κ3) is 3.29. The number of amides is 1. The lowest BCUT2D eigenvalue weighted by molar-refractivity contribution is -0.138. The Morgan fingerprint density at radius 3 is 2.53 bits per heavy atom. The third-order valence-electron chi connectivity index (χ3n) is 4.93. The first kappa shape index (κ1) is 14.8. The molecule has 1 N–H and O–H groups in total. The van der Waals surface area contributed by atoms with Gasteiger partial charge in [-0.15, -0.1) is 0 Å². The number of ether oxygens (including phenoxy) is 1. The van der Waals surface area contributed by atoms with E-state index in [9.17, 15) is 4.79 Å². The van der Waals surface area contributed by atoms with Crippen LogP contribution in [-0.2, 0) is 9.53 Å². The monoisotopic (exact) mass is 268 g/mol. The van der Waals surface area contributed by atoms with E-state index in [0.717, 1.165) is 32.3 Å². The van der Waals surface area contributed by atoms with Gasteiger partial charge in [0.1, 0.15) is 0 Å². The lowest BCUT2D eigenvalue weighted by Gasteiger charge is -2.36. The Morgan fingerprint density at radius 2 is 1.95 bits per heavy atom. The van der Waals surface area contributed by atoms with Crippen molar-refractivity contribution in [3.63, 3.8) is 0 Å². The average Bonchev–Trinajstić information content (AvgIpc) is 2.94. The molecule has 4 heteroatoms. The van der Waals surface area contributed by atoms with E-state index in [4.69, 9.17) is 4.74 Å². The van der Waals surface area contributed by atoms with E-state index in [2.05, 4.69) is 12.2 Å². The van der Waals surface area contributed by atoms with Gasteiger partial charge in [0.2, 0.25) is 5.91 Å². The van der Waals surface area contributed by atoms with Gasteiger partial charge in [0, 0.05) is 25.7 Å². The van der Waals surface area contributed by atoms with Crippen LogP contribution in [0.3, 0.4) is 0 Å². The van der Waals surface area contributed by atoms with Crippen molar-refractivity contribution in [3.05, 3.63) is 0 Å². The number of hydrogen-bond donors (Lipinski definition) is 1. The van der Waals surface area contributed by atoms with Crippen molar-refractivity contribution in [2.75, 3.05) is 20.7 Å². The molecular formula is C15H28N2O2. The van der Waals surface area contributed by atoms with Gasteiger partial charge in [0.05, 0.1) is 12.0 Å². The van der Waals surface area contributed by atoms with Crippen molar-refractivity contribution < 1.29 is 9.53 Å². The molecule has 0 spiro atoms. The predicted octanol–water partition coefficient (Wildman–Crippen LogP) is 1.79. The highest BCUT2D eigenvalue weighted by Gasteiger charge is 2.37. The van der Waals surface area contributed by atoms with Crippen LogP contribution in [0.2, 0.25) is 0 Å². The molecule has 19 heavy (non-hydrogen) atoms. The van der Waals surface area contributed by atoms with E-state index in [1.165, 1.54) is 12.8 Å². The summed E-state index contributed by atoms with van der Waals surface area (Å²) in [4.78, 5) is 14.6. The summed E-state index contributed by atoms with van der Waals surface area (Å²) in [6, 6.07) is 1.06. The molecule has 1 aliphatic carbocycles. The minimum Gasteiger partial charge on any atom is -0.377 e. The molecule has 2 atom stereocenters. The highest BCUT2D eigenvalue weighted by atomic mass is 16.5. The number of nitrogens with one attached hydrogen (secondary N) is 1. The number of nitrogens with zero attached hydrogens (tertiary/aromatic N) is 1. The molecule has 2 unspecified atom stereocenters. The van der Waals surface area contributed by atoms with Gasteiger partial charge in [-0.25, -0.2) is 0 Å². The molecular weight excluding hydrogens is 240 g/mol. The van der Waals surface area contributed by atoms with Gasteiger partial charge in [-0.3, -0.25) is 4.79 Å². The SMILES string of the molecule is CCC1OCCC1C(=O)N(C)C1CCC(NC)CC1. The van der Waals surface area contributed by atoms with Crippen molar-refractivity contribution >= 4 is 5.91 Å². The average molecular weight is 268 g/mol. The largest absolute Gasteiger partial charge is 0.377 e. The Bertz CT molecular complexity index is 301. The first-order valence-corrected chi connectivity index (χ1v) is 7.72. The topological polar surface area (TPSA) is 41.6 Å². The van der Waals surface area contributed by atoms with Gasteiger partial charge >= 0.3 is 0 Å². The Hall–Kier alpha value is -0.610. The number of hydrogen-bond acceptors (Lipinski definition) is 3. The van der Waals surface area contributed by atoms with Crippen molar-refractivity contribution in [1.82, 2.24) is 10.2 Å². The van der Waals surface area contributed by atoms with E-state index in [0.29, 0.717) is 18.0 Å². The lowest BCUT2D eigenvalue weighted by Crippen LogP contribution is -2.46. The second-order valence-corrected chi connectivity index (χ2v) is 5.96. The highest BCUT2D eigenvalue weighted by molar-refractivity contribution is 5.79. The van der Waals surface area contributed by atoms with Crippen LogP contribution >= 0.6 is 0 Å². The first-order valence-electron chi connectivity index (χ1n) is 7.72. The molecule has 1 aliphatic heterocycles. The minimum absolute atomic E-state index is 0.0945. The van der Waals surface area contributed by atoms with Crippen LogP contribution in [0.25, 0.3) is 0 Å². The van der Waals surface area contributed by atoms with E-state index in [1.807, 2.05) is 19.0 Å². The molecule has 2 fully saturated rings. The summed E-state index contributed by atoms with van der Waals surface area (Å²) in [5.74, 6) is 0.397. The van der Waals surface area contributed by atoms with Gasteiger partial charge in [0.25, 0.3) is 0 Å². The zero-order valence-corrected chi connectivity index (χ0v) is 12.5. The van der Waals surface area contributed by atoms with Gasteiger partial charge in [0.15, 0.2) is 0 Å². The molecule has 1 saturated carbocycles. The molecule has 0 aromatic carbocycles. The maximum atomic E-state index is 12.6. The van der Waals surface area contributed by atoms with Crippen molar-refractivity contribution in [3.8, 4) is 0 Å². The Labute approximate surface area is 116 Å². The van der Waals surface area contributed by atoms with Crippen LogP contribution in [0.4, 0.5) is 0 Å². The highest BCUT2D eigenvalue weighted by Crippen LogP contribution is 2.28. The molecule has 0 aromatic heterocycles. The zero-order valence-electron chi connectivity index (χ0n) is 12.5. The molecule has 0 aromatic rings. The Balaban J connectivity index is 1.89. The molecule has 1 amide bonds. The zero-order chi connectivity index (χ0) is 13.8. The van der Waals surface area contributed by atoms with Gasteiger partial charge in [-0.2, -0.15) is 0 Å². The summed E-state index contributed by atoms with van der Waals surface area (Å²) in [6.07, 6.45) is 6.58. The molecule has 110 valence electrons. The fourth-order valence-electron chi connectivity index (χ4n) is 3.53. The van der Waals surface area contributed by atoms with Crippen LogP contribution in [0.1, 0.15) is 45.4 Å². The number of rotatable bonds is 4. The Kier molecular flexibility index (Phi) is 5.22. The summed E-state index contributed by atoms with van der Waals surface area (Å²) in [5, 5.41) is 3.34. The molecule has 1 saturated heterocycles. The van der Waals surface area contributed by atoms with Crippen LogP contribution in [0, 0.1) is 5.92 Å². The minimum atomic E-state index is 0.0945. The maximum Gasteiger partial charge on any atom is 0.228 e. The van der Waals surface area contributed by atoms with E-state index >= 15 is 0 Å².